The maximum atomic E-state index is 12.1. The van der Waals surface area contributed by atoms with Gasteiger partial charge in [0.15, 0.2) is 10.8 Å². The fourth-order valence-electron chi connectivity index (χ4n) is 2.69. The minimum atomic E-state index is -0.192. The van der Waals surface area contributed by atoms with E-state index in [1.165, 1.54) is 17.8 Å². The summed E-state index contributed by atoms with van der Waals surface area (Å²) in [6.07, 6.45) is 6.86. The number of anilines is 1. The maximum Gasteiger partial charge on any atom is 0.244 e. The Hall–Kier alpha value is -2.58. The van der Waals surface area contributed by atoms with Crippen molar-refractivity contribution >= 4 is 52.2 Å². The van der Waals surface area contributed by atoms with E-state index < -0.39 is 0 Å². The summed E-state index contributed by atoms with van der Waals surface area (Å²) >= 11 is 7.57. The van der Waals surface area contributed by atoms with Crippen molar-refractivity contribution in [2.75, 3.05) is 18.1 Å². The molecule has 0 unspecified atom stereocenters. The van der Waals surface area contributed by atoms with Gasteiger partial charge in [0.05, 0.1) is 18.1 Å². The van der Waals surface area contributed by atoms with Gasteiger partial charge in [0.2, 0.25) is 5.91 Å². The SMILES string of the molecule is CSc1nc(NC(C)C)c2cnn(CCNC(=O)/C=C/c3ccccc3Cl)c2n1. The van der Waals surface area contributed by atoms with Crippen LogP contribution in [0.1, 0.15) is 19.4 Å². The van der Waals surface area contributed by atoms with E-state index in [2.05, 4.69) is 39.5 Å². The molecule has 0 saturated carbocycles. The Morgan fingerprint density at radius 2 is 2.10 bits per heavy atom. The molecule has 2 heterocycles. The average molecular weight is 431 g/mol. The predicted molar refractivity (Wildman–Crippen MR) is 119 cm³/mol. The van der Waals surface area contributed by atoms with E-state index in [0.717, 1.165) is 22.4 Å². The highest BCUT2D eigenvalue weighted by molar-refractivity contribution is 7.98. The zero-order valence-corrected chi connectivity index (χ0v) is 18.1. The molecule has 0 aliphatic heterocycles. The number of rotatable bonds is 8. The van der Waals surface area contributed by atoms with Crippen LogP contribution in [0.5, 0.6) is 0 Å². The number of hydrogen-bond donors (Lipinski definition) is 2. The van der Waals surface area contributed by atoms with Gasteiger partial charge in [0.25, 0.3) is 0 Å². The normalized spacial score (nSPS) is 11.5. The summed E-state index contributed by atoms with van der Waals surface area (Å²) in [5.74, 6) is 0.579. The van der Waals surface area contributed by atoms with E-state index >= 15 is 0 Å². The zero-order valence-electron chi connectivity index (χ0n) is 16.5. The van der Waals surface area contributed by atoms with Crippen LogP contribution < -0.4 is 10.6 Å². The van der Waals surface area contributed by atoms with Gasteiger partial charge in [-0.05, 0) is 37.8 Å². The number of nitrogens with zero attached hydrogens (tertiary/aromatic N) is 4. The zero-order chi connectivity index (χ0) is 20.8. The largest absolute Gasteiger partial charge is 0.367 e. The topological polar surface area (TPSA) is 84.7 Å². The van der Waals surface area contributed by atoms with Gasteiger partial charge in [-0.25, -0.2) is 14.6 Å². The molecule has 3 aromatic rings. The van der Waals surface area contributed by atoms with Crippen molar-refractivity contribution in [1.29, 1.82) is 0 Å². The van der Waals surface area contributed by atoms with E-state index in [1.54, 1.807) is 23.0 Å². The lowest BCUT2D eigenvalue weighted by Gasteiger charge is -2.11. The Balaban J connectivity index is 1.66. The van der Waals surface area contributed by atoms with E-state index in [1.807, 2.05) is 24.5 Å². The first-order chi connectivity index (χ1) is 14.0. The highest BCUT2D eigenvalue weighted by atomic mass is 35.5. The van der Waals surface area contributed by atoms with Gasteiger partial charge in [-0.2, -0.15) is 5.10 Å². The van der Waals surface area contributed by atoms with E-state index in [-0.39, 0.29) is 11.9 Å². The van der Waals surface area contributed by atoms with Crippen molar-refractivity contribution in [1.82, 2.24) is 25.1 Å². The summed E-state index contributed by atoms with van der Waals surface area (Å²) in [7, 11) is 0. The average Bonchev–Trinajstić information content (AvgIpc) is 3.10. The second kappa shape index (κ2) is 9.76. The van der Waals surface area contributed by atoms with Gasteiger partial charge in [-0.15, -0.1) is 0 Å². The lowest BCUT2D eigenvalue weighted by molar-refractivity contribution is -0.116. The number of nitrogens with one attached hydrogen (secondary N) is 2. The molecule has 0 radical (unpaired) electrons. The van der Waals surface area contributed by atoms with Crippen molar-refractivity contribution in [2.24, 2.45) is 0 Å². The van der Waals surface area contributed by atoms with Gasteiger partial charge < -0.3 is 10.6 Å². The molecule has 0 aliphatic carbocycles. The van der Waals surface area contributed by atoms with Gasteiger partial charge in [-0.3, -0.25) is 4.79 Å². The third-order valence-corrected chi connectivity index (χ3v) is 4.92. The number of benzene rings is 1. The van der Waals surface area contributed by atoms with Crippen molar-refractivity contribution in [3.8, 4) is 0 Å². The fourth-order valence-corrected chi connectivity index (χ4v) is 3.25. The molecule has 2 N–H and O–H groups in total. The first-order valence-electron chi connectivity index (χ1n) is 9.22. The summed E-state index contributed by atoms with van der Waals surface area (Å²) in [4.78, 5) is 21.2. The van der Waals surface area contributed by atoms with Gasteiger partial charge >= 0.3 is 0 Å². The second-order valence-electron chi connectivity index (χ2n) is 6.61. The van der Waals surface area contributed by atoms with Crippen molar-refractivity contribution in [3.05, 3.63) is 47.1 Å². The lowest BCUT2D eigenvalue weighted by Crippen LogP contribution is -2.25. The van der Waals surface area contributed by atoms with Crippen molar-refractivity contribution < 1.29 is 4.79 Å². The molecule has 3 rings (SSSR count). The van der Waals surface area contributed by atoms with Crippen molar-refractivity contribution in [2.45, 2.75) is 31.6 Å². The van der Waals surface area contributed by atoms with Crippen LogP contribution in [0, 0.1) is 0 Å². The Kier molecular flexibility index (Phi) is 7.11. The predicted octanol–water partition coefficient (Wildman–Crippen LogP) is 3.85. The molecule has 0 bridgehead atoms. The van der Waals surface area contributed by atoms with Gasteiger partial charge in [0, 0.05) is 23.7 Å². The monoisotopic (exact) mass is 430 g/mol. The van der Waals surface area contributed by atoms with E-state index in [0.29, 0.717) is 23.3 Å². The van der Waals surface area contributed by atoms with Crippen LogP contribution in [-0.4, -0.2) is 44.5 Å². The smallest absolute Gasteiger partial charge is 0.244 e. The first kappa shape index (κ1) is 21.1. The molecule has 7 nitrogen and oxygen atoms in total. The van der Waals surface area contributed by atoms with E-state index in [9.17, 15) is 4.79 Å². The van der Waals surface area contributed by atoms with Crippen LogP contribution in [0.15, 0.2) is 41.7 Å². The quantitative estimate of drug-likeness (QED) is 0.321. The van der Waals surface area contributed by atoms with Crippen LogP contribution in [0.2, 0.25) is 5.02 Å². The van der Waals surface area contributed by atoms with Gasteiger partial charge in [-0.1, -0.05) is 41.6 Å². The minimum Gasteiger partial charge on any atom is -0.367 e. The molecule has 0 fully saturated rings. The number of amides is 1. The highest BCUT2D eigenvalue weighted by Gasteiger charge is 2.13. The molecular formula is C20H23ClN6OS. The number of halogens is 1. The molecule has 0 saturated heterocycles. The number of hydrogen-bond acceptors (Lipinski definition) is 6. The molecule has 9 heteroatoms. The third-order valence-electron chi connectivity index (χ3n) is 4.03. The molecule has 2 aromatic heterocycles. The number of carbonyl (C=O) groups excluding carboxylic acids is 1. The fraction of sp³-hybridized carbons (Fsp3) is 0.300. The highest BCUT2D eigenvalue weighted by Crippen LogP contribution is 2.23. The molecule has 0 atom stereocenters. The van der Waals surface area contributed by atoms with Crippen molar-refractivity contribution in [3.63, 3.8) is 0 Å². The minimum absolute atomic E-state index is 0.192. The van der Waals surface area contributed by atoms with Crippen LogP contribution >= 0.6 is 23.4 Å². The second-order valence-corrected chi connectivity index (χ2v) is 7.79. The third kappa shape index (κ3) is 5.48. The van der Waals surface area contributed by atoms with E-state index in [4.69, 9.17) is 11.6 Å². The molecule has 0 spiro atoms. The number of fused-ring (bicyclic) bond motifs is 1. The molecule has 1 aromatic carbocycles. The first-order valence-corrected chi connectivity index (χ1v) is 10.8. The molecular weight excluding hydrogens is 408 g/mol. The Morgan fingerprint density at radius 3 is 2.83 bits per heavy atom. The summed E-state index contributed by atoms with van der Waals surface area (Å²) < 4.78 is 1.78. The Bertz CT molecular complexity index is 1030. The molecule has 29 heavy (non-hydrogen) atoms. The van der Waals surface area contributed by atoms with Crippen LogP contribution in [0.3, 0.4) is 0 Å². The van der Waals surface area contributed by atoms with Crippen LogP contribution in [0.25, 0.3) is 17.1 Å². The van der Waals surface area contributed by atoms with Crippen LogP contribution in [-0.2, 0) is 11.3 Å². The summed E-state index contributed by atoms with van der Waals surface area (Å²) in [5, 5.41) is 12.8. The van der Waals surface area contributed by atoms with Gasteiger partial charge in [0.1, 0.15) is 5.82 Å². The number of aromatic nitrogens is 4. The Labute approximate surface area is 178 Å². The van der Waals surface area contributed by atoms with Crippen LogP contribution in [0.4, 0.5) is 5.82 Å². The molecule has 0 aliphatic rings. The summed E-state index contributed by atoms with van der Waals surface area (Å²) in [6.45, 7) is 5.04. The maximum absolute atomic E-state index is 12.1. The Morgan fingerprint density at radius 1 is 1.31 bits per heavy atom. The standard InChI is InChI=1S/C20H23ClN6OS/c1-13(2)24-18-15-12-23-27(19(15)26-20(25-18)29-3)11-10-22-17(28)9-8-14-6-4-5-7-16(14)21/h4-9,12-13H,10-11H2,1-3H3,(H,22,28)(H,24,25,26)/b9-8+. The summed E-state index contributed by atoms with van der Waals surface area (Å²) in [6, 6.07) is 7.61. The lowest BCUT2D eigenvalue weighted by atomic mass is 10.2. The number of thioether (sulfide) groups is 1. The summed E-state index contributed by atoms with van der Waals surface area (Å²) in [5.41, 5.74) is 1.54. The number of carbonyl (C=O) groups is 1. The molecule has 152 valence electrons. The molecule has 1 amide bonds.